The minimum Gasteiger partial charge on any atom is -0.366 e. The minimum absolute atomic E-state index is 0.399. The van der Waals surface area contributed by atoms with Crippen LogP contribution in [0.4, 0.5) is 0 Å². The van der Waals surface area contributed by atoms with Gasteiger partial charge in [0.1, 0.15) is 0 Å². The second kappa shape index (κ2) is 3.59. The summed E-state index contributed by atoms with van der Waals surface area (Å²) in [5.41, 5.74) is 6.58. The first-order valence-electron chi connectivity index (χ1n) is 3.73. The molecule has 2 nitrogen and oxygen atoms in total. The zero-order valence-electron chi connectivity index (χ0n) is 6.80. The highest BCUT2D eigenvalue weighted by Crippen LogP contribution is 2.17. The maximum absolute atomic E-state index is 10.8. The van der Waals surface area contributed by atoms with E-state index in [0.29, 0.717) is 10.6 Å². The van der Waals surface area contributed by atoms with Gasteiger partial charge < -0.3 is 5.73 Å². The molecular weight excluding hydrogens is 174 g/mol. The van der Waals surface area contributed by atoms with Crippen LogP contribution < -0.4 is 5.73 Å². The molecule has 64 valence electrons. The highest BCUT2D eigenvalue weighted by atomic mass is 35.5. The molecule has 2 N–H and O–H groups in total. The molecule has 1 amide bonds. The third kappa shape index (κ3) is 1.77. The van der Waals surface area contributed by atoms with Crippen LogP contribution in [0.5, 0.6) is 0 Å². The molecule has 0 unspecified atom stereocenters. The summed E-state index contributed by atoms with van der Waals surface area (Å²) in [5, 5.41) is 0.416. The molecule has 1 aromatic rings. The summed E-state index contributed by atoms with van der Waals surface area (Å²) in [6.45, 7) is 2.01. The van der Waals surface area contributed by atoms with E-state index in [2.05, 4.69) is 0 Å². The quantitative estimate of drug-likeness (QED) is 0.749. The highest BCUT2D eigenvalue weighted by molar-refractivity contribution is 6.33. The van der Waals surface area contributed by atoms with Crippen LogP contribution in [0, 0.1) is 0 Å². The lowest BCUT2D eigenvalue weighted by Crippen LogP contribution is -2.11. The Kier molecular flexibility index (Phi) is 2.71. The van der Waals surface area contributed by atoms with E-state index in [1.54, 1.807) is 12.1 Å². The number of benzene rings is 1. The third-order valence-corrected chi connectivity index (χ3v) is 2.03. The first kappa shape index (κ1) is 9.07. The number of hydrogen-bond donors (Lipinski definition) is 1. The van der Waals surface area contributed by atoms with Crippen molar-refractivity contribution in [2.75, 3.05) is 0 Å². The summed E-state index contributed by atoms with van der Waals surface area (Å²) in [6, 6.07) is 5.31. The van der Waals surface area contributed by atoms with Gasteiger partial charge in [0.05, 0.1) is 10.6 Å². The molecule has 0 saturated heterocycles. The Morgan fingerprint density at radius 1 is 1.58 bits per heavy atom. The Morgan fingerprint density at radius 3 is 2.75 bits per heavy atom. The van der Waals surface area contributed by atoms with Gasteiger partial charge in [0.2, 0.25) is 5.91 Å². The number of halogens is 1. The molecule has 0 spiro atoms. The topological polar surface area (TPSA) is 43.1 Å². The van der Waals surface area contributed by atoms with E-state index in [1.165, 1.54) is 0 Å². The van der Waals surface area contributed by atoms with E-state index in [9.17, 15) is 4.79 Å². The average Bonchev–Trinajstić information content (AvgIpc) is 2.05. The van der Waals surface area contributed by atoms with E-state index in [1.807, 2.05) is 13.0 Å². The number of rotatable bonds is 2. The summed E-state index contributed by atoms with van der Waals surface area (Å²) < 4.78 is 0. The Labute approximate surface area is 76.3 Å². The number of nitrogens with two attached hydrogens (primary N) is 1. The fraction of sp³-hybridized carbons (Fsp3) is 0.222. The van der Waals surface area contributed by atoms with Crippen LogP contribution in [0.1, 0.15) is 22.8 Å². The van der Waals surface area contributed by atoms with Crippen LogP contribution >= 0.6 is 11.6 Å². The number of aryl methyl sites for hydroxylation is 1. The van der Waals surface area contributed by atoms with Gasteiger partial charge in [-0.15, -0.1) is 0 Å². The van der Waals surface area contributed by atoms with Gasteiger partial charge in [-0.05, 0) is 24.1 Å². The van der Waals surface area contributed by atoms with Gasteiger partial charge in [-0.25, -0.2) is 0 Å². The highest BCUT2D eigenvalue weighted by Gasteiger charge is 2.05. The van der Waals surface area contributed by atoms with E-state index < -0.39 is 5.91 Å². The molecule has 0 aliphatic heterocycles. The van der Waals surface area contributed by atoms with Gasteiger partial charge in [0.25, 0.3) is 0 Å². The predicted octanol–water partition coefficient (Wildman–Crippen LogP) is 2.00. The van der Waals surface area contributed by atoms with Crippen LogP contribution in [0.15, 0.2) is 18.2 Å². The molecule has 0 heterocycles. The number of hydrogen-bond acceptors (Lipinski definition) is 1. The monoisotopic (exact) mass is 183 g/mol. The SMILES string of the molecule is CCc1ccc(Cl)c(C(N)=O)c1. The molecule has 3 heteroatoms. The van der Waals surface area contributed by atoms with Crippen molar-refractivity contribution in [3.8, 4) is 0 Å². The Balaban J connectivity index is 3.17. The predicted molar refractivity (Wildman–Crippen MR) is 49.3 cm³/mol. The maximum atomic E-state index is 10.8. The van der Waals surface area contributed by atoms with E-state index in [-0.39, 0.29) is 0 Å². The number of carbonyl (C=O) groups excluding carboxylic acids is 1. The van der Waals surface area contributed by atoms with E-state index in [4.69, 9.17) is 17.3 Å². The smallest absolute Gasteiger partial charge is 0.250 e. The minimum atomic E-state index is -0.477. The van der Waals surface area contributed by atoms with Gasteiger partial charge >= 0.3 is 0 Å². The largest absolute Gasteiger partial charge is 0.366 e. The van der Waals surface area contributed by atoms with Crippen molar-refractivity contribution in [1.82, 2.24) is 0 Å². The molecule has 0 saturated carbocycles. The molecule has 0 atom stereocenters. The summed E-state index contributed by atoms with van der Waals surface area (Å²) >= 11 is 5.75. The average molecular weight is 184 g/mol. The van der Waals surface area contributed by atoms with Crippen LogP contribution in [-0.4, -0.2) is 5.91 Å². The summed E-state index contributed by atoms with van der Waals surface area (Å²) in [6.07, 6.45) is 0.872. The van der Waals surface area contributed by atoms with Crippen LogP contribution in [0.3, 0.4) is 0 Å². The van der Waals surface area contributed by atoms with E-state index >= 15 is 0 Å². The molecule has 0 bridgehead atoms. The van der Waals surface area contributed by atoms with Gasteiger partial charge in [-0.3, -0.25) is 4.79 Å². The Bertz CT molecular complexity index is 309. The molecule has 0 aliphatic rings. The molecule has 1 rings (SSSR count). The van der Waals surface area contributed by atoms with Gasteiger partial charge in [0.15, 0.2) is 0 Å². The van der Waals surface area contributed by atoms with Crippen LogP contribution in [0.2, 0.25) is 5.02 Å². The number of primary amides is 1. The zero-order valence-corrected chi connectivity index (χ0v) is 7.56. The molecule has 12 heavy (non-hydrogen) atoms. The number of amides is 1. The normalized spacial score (nSPS) is 9.83. The molecular formula is C9H10ClNO. The van der Waals surface area contributed by atoms with Crippen molar-refractivity contribution in [3.63, 3.8) is 0 Å². The summed E-state index contributed by atoms with van der Waals surface area (Å²) in [4.78, 5) is 10.8. The van der Waals surface area contributed by atoms with Crippen molar-refractivity contribution >= 4 is 17.5 Å². The molecule has 1 aromatic carbocycles. The lowest BCUT2D eigenvalue weighted by atomic mass is 10.1. The number of carbonyl (C=O) groups is 1. The standard InChI is InChI=1S/C9H10ClNO/c1-2-6-3-4-8(10)7(5-6)9(11)12/h3-5H,2H2,1H3,(H2,11,12). The molecule has 0 aromatic heterocycles. The maximum Gasteiger partial charge on any atom is 0.250 e. The van der Waals surface area contributed by atoms with Crippen LogP contribution in [-0.2, 0) is 6.42 Å². The first-order valence-corrected chi connectivity index (χ1v) is 4.11. The zero-order chi connectivity index (χ0) is 9.14. The van der Waals surface area contributed by atoms with Crippen molar-refractivity contribution in [2.45, 2.75) is 13.3 Å². The second-order valence-corrected chi connectivity index (χ2v) is 2.94. The summed E-state index contributed by atoms with van der Waals surface area (Å²) in [5.74, 6) is -0.477. The van der Waals surface area contributed by atoms with Crippen molar-refractivity contribution in [3.05, 3.63) is 34.3 Å². The molecule has 0 radical (unpaired) electrons. The van der Waals surface area contributed by atoms with Crippen molar-refractivity contribution < 1.29 is 4.79 Å². The lowest BCUT2D eigenvalue weighted by molar-refractivity contribution is 0.100. The third-order valence-electron chi connectivity index (χ3n) is 1.70. The van der Waals surface area contributed by atoms with E-state index in [0.717, 1.165) is 12.0 Å². The van der Waals surface area contributed by atoms with Gasteiger partial charge in [-0.2, -0.15) is 0 Å². The lowest BCUT2D eigenvalue weighted by Gasteiger charge is -2.01. The van der Waals surface area contributed by atoms with Crippen molar-refractivity contribution in [2.24, 2.45) is 5.73 Å². The Morgan fingerprint density at radius 2 is 2.25 bits per heavy atom. The molecule has 0 fully saturated rings. The van der Waals surface area contributed by atoms with Crippen LogP contribution in [0.25, 0.3) is 0 Å². The second-order valence-electron chi connectivity index (χ2n) is 2.53. The van der Waals surface area contributed by atoms with Gasteiger partial charge in [0, 0.05) is 0 Å². The summed E-state index contributed by atoms with van der Waals surface area (Å²) in [7, 11) is 0. The fourth-order valence-electron chi connectivity index (χ4n) is 0.981. The molecule has 0 aliphatic carbocycles. The Hall–Kier alpha value is -1.02. The van der Waals surface area contributed by atoms with Crippen molar-refractivity contribution in [1.29, 1.82) is 0 Å². The first-order chi connectivity index (χ1) is 5.65. The van der Waals surface area contributed by atoms with Gasteiger partial charge in [-0.1, -0.05) is 24.6 Å². The fourth-order valence-corrected chi connectivity index (χ4v) is 1.19.